The van der Waals surface area contributed by atoms with Gasteiger partial charge in [-0.2, -0.15) is 13.2 Å². The van der Waals surface area contributed by atoms with E-state index in [2.05, 4.69) is 20.6 Å². The predicted molar refractivity (Wildman–Crippen MR) is 74.7 cm³/mol. The molecule has 10 heteroatoms. The second kappa shape index (κ2) is 6.46. The first-order chi connectivity index (χ1) is 10.8. The molecule has 0 saturated heterocycles. The highest BCUT2D eigenvalue weighted by Crippen LogP contribution is 2.29. The molecule has 2 aromatic heterocycles. The topological polar surface area (TPSA) is 99.8 Å². The number of urea groups is 1. The van der Waals surface area contributed by atoms with Gasteiger partial charge < -0.3 is 15.6 Å². The maximum Gasteiger partial charge on any atom is 0.417 e. The summed E-state index contributed by atoms with van der Waals surface area (Å²) in [6.45, 7) is 1.71. The maximum atomic E-state index is 12.6. The summed E-state index contributed by atoms with van der Waals surface area (Å²) in [6, 6.07) is 1.31. The molecule has 2 amide bonds. The zero-order chi connectivity index (χ0) is 17.0. The molecule has 0 aliphatic rings. The molecule has 0 saturated carbocycles. The molecule has 0 bridgehead atoms. The van der Waals surface area contributed by atoms with Crippen molar-refractivity contribution in [3.05, 3.63) is 52.0 Å². The molecule has 2 heterocycles. The summed E-state index contributed by atoms with van der Waals surface area (Å²) in [5.74, 6) is 0.513. The molecule has 0 unspecified atom stereocenters. The summed E-state index contributed by atoms with van der Waals surface area (Å²) in [5.41, 5.74) is -1.90. The van der Waals surface area contributed by atoms with Crippen molar-refractivity contribution in [2.75, 3.05) is 5.32 Å². The summed E-state index contributed by atoms with van der Waals surface area (Å²) < 4.78 is 37.7. The highest BCUT2D eigenvalue weighted by atomic mass is 19.4. The van der Waals surface area contributed by atoms with Crippen molar-refractivity contribution in [3.8, 4) is 0 Å². The van der Waals surface area contributed by atoms with Gasteiger partial charge in [0.2, 0.25) is 0 Å². The van der Waals surface area contributed by atoms with Gasteiger partial charge in [-0.05, 0) is 19.1 Å². The second-order valence-electron chi connectivity index (χ2n) is 4.53. The fourth-order valence-electron chi connectivity index (χ4n) is 1.68. The molecule has 7 nitrogen and oxygen atoms in total. The first-order valence-corrected chi connectivity index (χ1v) is 6.39. The van der Waals surface area contributed by atoms with Crippen LogP contribution in [-0.2, 0) is 12.7 Å². The number of nitrogens with zero attached hydrogens (tertiary/aromatic N) is 2. The third-order valence-electron chi connectivity index (χ3n) is 2.74. The number of aromatic amines is 1. The number of hydrogen-bond acceptors (Lipinski definition) is 4. The van der Waals surface area contributed by atoms with E-state index in [1.54, 1.807) is 13.0 Å². The molecule has 0 aliphatic heterocycles. The molecular formula is C13H12F3N5O2. The van der Waals surface area contributed by atoms with Crippen LogP contribution in [-0.4, -0.2) is 21.0 Å². The van der Waals surface area contributed by atoms with E-state index in [1.807, 2.05) is 4.98 Å². The molecule has 0 radical (unpaired) electrons. The highest BCUT2D eigenvalue weighted by molar-refractivity contribution is 5.89. The van der Waals surface area contributed by atoms with E-state index in [9.17, 15) is 22.8 Å². The third-order valence-corrected chi connectivity index (χ3v) is 2.74. The fourth-order valence-corrected chi connectivity index (χ4v) is 1.68. The summed E-state index contributed by atoms with van der Waals surface area (Å²) in [6.07, 6.45) is -2.58. The summed E-state index contributed by atoms with van der Waals surface area (Å²) in [4.78, 5) is 33.0. The number of carbonyl (C=O) groups excluding carboxylic acids is 1. The van der Waals surface area contributed by atoms with Gasteiger partial charge in [0.15, 0.2) is 0 Å². The van der Waals surface area contributed by atoms with Crippen LogP contribution >= 0.6 is 0 Å². The predicted octanol–water partition coefficient (Wildman–Crippen LogP) is 1.81. The Balaban J connectivity index is 2.04. The van der Waals surface area contributed by atoms with Crippen molar-refractivity contribution in [2.24, 2.45) is 0 Å². The first-order valence-electron chi connectivity index (χ1n) is 6.39. The van der Waals surface area contributed by atoms with Crippen LogP contribution in [0.3, 0.4) is 0 Å². The Kier molecular flexibility index (Phi) is 4.63. The van der Waals surface area contributed by atoms with Gasteiger partial charge in [-0.15, -0.1) is 0 Å². The van der Waals surface area contributed by atoms with Crippen molar-refractivity contribution in [1.82, 2.24) is 20.3 Å². The number of anilines is 1. The molecule has 23 heavy (non-hydrogen) atoms. The lowest BCUT2D eigenvalue weighted by atomic mass is 10.2. The van der Waals surface area contributed by atoms with Gasteiger partial charge in [-0.1, -0.05) is 0 Å². The number of hydrogen-bond donors (Lipinski definition) is 3. The largest absolute Gasteiger partial charge is 0.417 e. The van der Waals surface area contributed by atoms with Gasteiger partial charge in [-0.3, -0.25) is 4.79 Å². The molecule has 0 atom stereocenters. The summed E-state index contributed by atoms with van der Waals surface area (Å²) in [5, 5.41) is 4.46. The number of amides is 2. The van der Waals surface area contributed by atoms with Crippen molar-refractivity contribution in [1.29, 1.82) is 0 Å². The van der Waals surface area contributed by atoms with Crippen molar-refractivity contribution in [2.45, 2.75) is 19.6 Å². The Morgan fingerprint density at radius 3 is 2.78 bits per heavy atom. The number of aryl methyl sites for hydroxylation is 1. The van der Waals surface area contributed by atoms with Crippen LogP contribution in [0.15, 0.2) is 29.3 Å². The maximum absolute atomic E-state index is 12.6. The monoisotopic (exact) mass is 327 g/mol. The average molecular weight is 327 g/mol. The smallest absolute Gasteiger partial charge is 0.332 e. The molecule has 2 aromatic rings. The number of halogens is 3. The molecular weight excluding hydrogens is 315 g/mol. The minimum Gasteiger partial charge on any atom is -0.332 e. The second-order valence-corrected chi connectivity index (χ2v) is 4.53. The normalized spacial score (nSPS) is 11.1. The van der Waals surface area contributed by atoms with E-state index in [0.717, 1.165) is 0 Å². The zero-order valence-corrected chi connectivity index (χ0v) is 11.9. The zero-order valence-electron chi connectivity index (χ0n) is 11.9. The molecule has 0 aliphatic carbocycles. The van der Waals surface area contributed by atoms with Crippen molar-refractivity contribution < 1.29 is 18.0 Å². The van der Waals surface area contributed by atoms with E-state index < -0.39 is 29.0 Å². The number of pyridine rings is 1. The van der Waals surface area contributed by atoms with Gasteiger partial charge in [-0.25, -0.2) is 14.8 Å². The molecule has 3 N–H and O–H groups in total. The van der Waals surface area contributed by atoms with E-state index in [-0.39, 0.29) is 6.54 Å². The van der Waals surface area contributed by atoms with Crippen LogP contribution in [0, 0.1) is 6.92 Å². The molecule has 0 aromatic carbocycles. The molecule has 2 rings (SSSR count). The van der Waals surface area contributed by atoms with Gasteiger partial charge in [0.05, 0.1) is 17.8 Å². The Bertz CT molecular complexity index is 773. The fraction of sp³-hybridized carbons (Fsp3) is 0.231. The van der Waals surface area contributed by atoms with Crippen LogP contribution < -0.4 is 16.2 Å². The molecule has 0 fully saturated rings. The lowest BCUT2D eigenvalue weighted by molar-refractivity contribution is -0.137. The van der Waals surface area contributed by atoms with E-state index in [0.29, 0.717) is 23.8 Å². The van der Waals surface area contributed by atoms with Gasteiger partial charge >= 0.3 is 12.2 Å². The van der Waals surface area contributed by atoms with Crippen LogP contribution in [0.5, 0.6) is 0 Å². The third kappa shape index (κ3) is 4.53. The van der Waals surface area contributed by atoms with Gasteiger partial charge in [0, 0.05) is 12.4 Å². The van der Waals surface area contributed by atoms with Gasteiger partial charge in [0.25, 0.3) is 5.56 Å². The van der Waals surface area contributed by atoms with Crippen LogP contribution in [0.1, 0.15) is 17.1 Å². The summed E-state index contributed by atoms with van der Waals surface area (Å²) >= 11 is 0. The Labute approximate surface area is 128 Å². The lowest BCUT2D eigenvalue weighted by Gasteiger charge is -2.10. The Morgan fingerprint density at radius 1 is 1.39 bits per heavy atom. The van der Waals surface area contributed by atoms with Crippen LogP contribution in [0.2, 0.25) is 0 Å². The molecule has 122 valence electrons. The Hall–Kier alpha value is -2.91. The minimum atomic E-state index is -4.63. The quantitative estimate of drug-likeness (QED) is 0.800. The number of aromatic nitrogens is 3. The van der Waals surface area contributed by atoms with Crippen molar-refractivity contribution in [3.63, 3.8) is 0 Å². The number of alkyl halides is 3. The number of H-pyrrole nitrogens is 1. The number of nitrogens with one attached hydrogen (secondary N) is 3. The first kappa shape index (κ1) is 16.5. The van der Waals surface area contributed by atoms with Crippen molar-refractivity contribution >= 4 is 11.7 Å². The standard InChI is InChI=1S/C13H12F3N5O2/c1-7-17-3-2-9(20-7)6-19-12(23)21-10-4-8(13(14,15)16)5-18-11(10)22/h2-5H,6H2,1H3,(H,18,22)(H2,19,21,23). The van der Waals surface area contributed by atoms with Crippen LogP contribution in [0.25, 0.3) is 0 Å². The number of carbonyl (C=O) groups is 1. The van der Waals surface area contributed by atoms with E-state index in [1.165, 1.54) is 6.20 Å². The highest BCUT2D eigenvalue weighted by Gasteiger charge is 2.31. The van der Waals surface area contributed by atoms with Crippen LogP contribution in [0.4, 0.5) is 23.7 Å². The number of rotatable bonds is 3. The SMILES string of the molecule is Cc1nccc(CNC(=O)Nc2cc(C(F)(F)F)c[nH]c2=O)n1. The van der Waals surface area contributed by atoms with E-state index >= 15 is 0 Å². The lowest BCUT2D eigenvalue weighted by Crippen LogP contribution is -2.31. The molecule has 0 spiro atoms. The average Bonchev–Trinajstić information content (AvgIpc) is 2.46. The summed E-state index contributed by atoms with van der Waals surface area (Å²) in [7, 11) is 0. The Morgan fingerprint density at radius 2 is 2.13 bits per heavy atom. The van der Waals surface area contributed by atoms with Gasteiger partial charge in [0.1, 0.15) is 11.5 Å². The van der Waals surface area contributed by atoms with E-state index in [4.69, 9.17) is 0 Å². The minimum absolute atomic E-state index is 0.0338.